The zero-order valence-corrected chi connectivity index (χ0v) is 9.96. The number of aryl methyl sites for hydroxylation is 1. The Hall–Kier alpha value is -1.31. The van der Waals surface area contributed by atoms with Crippen molar-refractivity contribution in [2.45, 2.75) is 13.5 Å². The second-order valence-corrected chi connectivity index (χ2v) is 4.30. The van der Waals surface area contributed by atoms with Crippen molar-refractivity contribution >= 4 is 11.6 Å². The van der Waals surface area contributed by atoms with Gasteiger partial charge in [0.15, 0.2) is 0 Å². The highest BCUT2D eigenvalue weighted by Gasteiger charge is 2.02. The van der Waals surface area contributed by atoms with Crippen molar-refractivity contribution in [1.29, 1.82) is 0 Å². The minimum absolute atomic E-state index is 0.580. The van der Waals surface area contributed by atoms with E-state index >= 15 is 0 Å². The van der Waals surface area contributed by atoms with Crippen LogP contribution in [0, 0.1) is 6.92 Å². The maximum absolute atomic E-state index is 5.99. The Labute approximate surface area is 101 Å². The Kier molecular flexibility index (Phi) is 3.28. The van der Waals surface area contributed by atoms with Crippen LogP contribution < -0.4 is 5.73 Å². The minimum atomic E-state index is 0.580. The lowest BCUT2D eigenvalue weighted by Gasteiger charge is -2.08. The molecular formula is C14H14ClN. The summed E-state index contributed by atoms with van der Waals surface area (Å²) in [6, 6.07) is 14.2. The molecule has 0 unspecified atom stereocenters. The summed E-state index contributed by atoms with van der Waals surface area (Å²) < 4.78 is 0. The Morgan fingerprint density at radius 2 is 1.94 bits per heavy atom. The zero-order valence-electron chi connectivity index (χ0n) is 9.20. The van der Waals surface area contributed by atoms with E-state index in [-0.39, 0.29) is 0 Å². The molecule has 0 atom stereocenters. The van der Waals surface area contributed by atoms with Gasteiger partial charge in [0, 0.05) is 11.6 Å². The number of halogens is 1. The van der Waals surface area contributed by atoms with Crippen molar-refractivity contribution in [3.8, 4) is 11.1 Å². The van der Waals surface area contributed by atoms with Gasteiger partial charge in [-0.2, -0.15) is 0 Å². The molecule has 16 heavy (non-hydrogen) atoms. The summed E-state index contributed by atoms with van der Waals surface area (Å²) >= 11 is 5.99. The van der Waals surface area contributed by atoms with E-state index < -0.39 is 0 Å². The van der Waals surface area contributed by atoms with Crippen molar-refractivity contribution in [2.24, 2.45) is 5.73 Å². The lowest BCUT2D eigenvalue weighted by atomic mass is 9.98. The van der Waals surface area contributed by atoms with Gasteiger partial charge < -0.3 is 5.73 Å². The molecule has 0 bridgehead atoms. The molecule has 0 fully saturated rings. The van der Waals surface area contributed by atoms with Crippen molar-refractivity contribution in [1.82, 2.24) is 0 Å². The first-order chi connectivity index (χ1) is 7.70. The predicted molar refractivity (Wildman–Crippen MR) is 69.5 cm³/mol. The average molecular weight is 232 g/mol. The summed E-state index contributed by atoms with van der Waals surface area (Å²) in [7, 11) is 0. The first-order valence-electron chi connectivity index (χ1n) is 5.26. The van der Waals surface area contributed by atoms with E-state index in [0.717, 1.165) is 16.1 Å². The molecule has 0 radical (unpaired) electrons. The van der Waals surface area contributed by atoms with Crippen LogP contribution >= 0.6 is 11.6 Å². The highest BCUT2D eigenvalue weighted by Crippen LogP contribution is 2.26. The number of rotatable bonds is 2. The Morgan fingerprint density at radius 3 is 2.56 bits per heavy atom. The van der Waals surface area contributed by atoms with Crippen molar-refractivity contribution < 1.29 is 0 Å². The summed E-state index contributed by atoms with van der Waals surface area (Å²) in [5.74, 6) is 0. The molecule has 2 aromatic rings. The molecule has 2 N–H and O–H groups in total. The standard InChI is InChI=1S/C14H14ClN/c1-10-7-11(9-16)5-6-14(10)12-3-2-4-13(15)8-12/h2-8H,9,16H2,1H3. The molecule has 0 aliphatic heterocycles. The highest BCUT2D eigenvalue weighted by atomic mass is 35.5. The maximum atomic E-state index is 5.99. The fraction of sp³-hybridized carbons (Fsp3) is 0.143. The topological polar surface area (TPSA) is 26.0 Å². The normalized spacial score (nSPS) is 10.4. The van der Waals surface area contributed by atoms with Crippen molar-refractivity contribution in [3.63, 3.8) is 0 Å². The van der Waals surface area contributed by atoms with E-state index in [0.29, 0.717) is 6.54 Å². The van der Waals surface area contributed by atoms with E-state index in [4.69, 9.17) is 17.3 Å². The molecular weight excluding hydrogens is 218 g/mol. The molecule has 0 aliphatic rings. The number of nitrogens with two attached hydrogens (primary N) is 1. The van der Waals surface area contributed by atoms with E-state index in [9.17, 15) is 0 Å². The zero-order chi connectivity index (χ0) is 11.5. The van der Waals surface area contributed by atoms with Gasteiger partial charge in [-0.1, -0.05) is 41.9 Å². The van der Waals surface area contributed by atoms with Gasteiger partial charge in [-0.15, -0.1) is 0 Å². The van der Waals surface area contributed by atoms with Crippen LogP contribution in [0.15, 0.2) is 42.5 Å². The smallest absolute Gasteiger partial charge is 0.0412 e. The fourth-order valence-electron chi connectivity index (χ4n) is 1.83. The average Bonchev–Trinajstić information content (AvgIpc) is 2.28. The highest BCUT2D eigenvalue weighted by molar-refractivity contribution is 6.30. The van der Waals surface area contributed by atoms with Gasteiger partial charge in [0.25, 0.3) is 0 Å². The summed E-state index contributed by atoms with van der Waals surface area (Å²) in [5.41, 5.74) is 10.3. The predicted octanol–water partition coefficient (Wildman–Crippen LogP) is 3.77. The molecule has 2 rings (SSSR count). The first-order valence-corrected chi connectivity index (χ1v) is 5.64. The Bertz CT molecular complexity index is 506. The molecule has 1 nitrogen and oxygen atoms in total. The molecule has 0 heterocycles. The van der Waals surface area contributed by atoms with Crippen LogP contribution in [0.3, 0.4) is 0 Å². The third-order valence-electron chi connectivity index (χ3n) is 2.66. The van der Waals surface area contributed by atoms with Crippen LogP contribution in [0.4, 0.5) is 0 Å². The summed E-state index contributed by atoms with van der Waals surface area (Å²) in [5, 5.41) is 0.764. The van der Waals surface area contributed by atoms with Crippen molar-refractivity contribution in [3.05, 3.63) is 58.6 Å². The van der Waals surface area contributed by atoms with Crippen LogP contribution in [0.5, 0.6) is 0 Å². The second kappa shape index (κ2) is 4.69. The second-order valence-electron chi connectivity index (χ2n) is 3.86. The van der Waals surface area contributed by atoms with E-state index in [1.165, 1.54) is 11.1 Å². The monoisotopic (exact) mass is 231 g/mol. The number of hydrogen-bond acceptors (Lipinski definition) is 1. The van der Waals surface area contributed by atoms with Crippen LogP contribution in [-0.4, -0.2) is 0 Å². The maximum Gasteiger partial charge on any atom is 0.0412 e. The Balaban J connectivity index is 2.48. The molecule has 0 amide bonds. The fourth-order valence-corrected chi connectivity index (χ4v) is 2.02. The van der Waals surface area contributed by atoms with Crippen molar-refractivity contribution in [2.75, 3.05) is 0 Å². The van der Waals surface area contributed by atoms with Gasteiger partial charge in [-0.05, 0) is 41.3 Å². The molecule has 0 spiro atoms. The lowest BCUT2D eigenvalue weighted by molar-refractivity contribution is 1.07. The molecule has 2 heteroatoms. The Morgan fingerprint density at radius 1 is 1.12 bits per heavy atom. The van der Waals surface area contributed by atoms with E-state index in [1.807, 2.05) is 18.2 Å². The van der Waals surface area contributed by atoms with E-state index in [2.05, 4.69) is 31.2 Å². The lowest BCUT2D eigenvalue weighted by Crippen LogP contribution is -1.96. The largest absolute Gasteiger partial charge is 0.326 e. The first kappa shape index (κ1) is 11.2. The molecule has 0 saturated carbocycles. The summed E-state index contributed by atoms with van der Waals surface area (Å²) in [4.78, 5) is 0. The third kappa shape index (κ3) is 2.26. The van der Waals surface area contributed by atoms with E-state index in [1.54, 1.807) is 0 Å². The summed E-state index contributed by atoms with van der Waals surface area (Å²) in [6.07, 6.45) is 0. The van der Waals surface area contributed by atoms with Gasteiger partial charge in [0.05, 0.1) is 0 Å². The van der Waals surface area contributed by atoms with Crippen LogP contribution in [-0.2, 0) is 6.54 Å². The van der Waals surface area contributed by atoms with Gasteiger partial charge >= 0.3 is 0 Å². The molecule has 0 saturated heterocycles. The SMILES string of the molecule is Cc1cc(CN)ccc1-c1cccc(Cl)c1. The van der Waals surface area contributed by atoms with Gasteiger partial charge in [-0.25, -0.2) is 0 Å². The van der Waals surface area contributed by atoms with Crippen LogP contribution in [0.25, 0.3) is 11.1 Å². The van der Waals surface area contributed by atoms with Crippen LogP contribution in [0.2, 0.25) is 5.02 Å². The third-order valence-corrected chi connectivity index (χ3v) is 2.90. The quantitative estimate of drug-likeness (QED) is 0.837. The van der Waals surface area contributed by atoms with Gasteiger partial charge in [0.1, 0.15) is 0 Å². The van der Waals surface area contributed by atoms with Gasteiger partial charge in [0.2, 0.25) is 0 Å². The number of benzene rings is 2. The molecule has 0 aromatic heterocycles. The molecule has 2 aromatic carbocycles. The molecule has 82 valence electrons. The molecule has 0 aliphatic carbocycles. The summed E-state index contributed by atoms with van der Waals surface area (Å²) in [6.45, 7) is 2.67. The van der Waals surface area contributed by atoms with Gasteiger partial charge in [-0.3, -0.25) is 0 Å². The van der Waals surface area contributed by atoms with Crippen LogP contribution in [0.1, 0.15) is 11.1 Å². The number of hydrogen-bond donors (Lipinski definition) is 1. The minimum Gasteiger partial charge on any atom is -0.326 e.